The van der Waals surface area contributed by atoms with Gasteiger partial charge in [0.2, 0.25) is 0 Å². The van der Waals surface area contributed by atoms with Gasteiger partial charge in [-0.1, -0.05) is 53.6 Å². The van der Waals surface area contributed by atoms with Crippen molar-refractivity contribution in [2.24, 2.45) is 0 Å². The van der Waals surface area contributed by atoms with Crippen LogP contribution in [0.4, 0.5) is 0 Å². The monoisotopic (exact) mass is 183 g/mol. The molecule has 0 bridgehead atoms. The second-order valence-corrected chi connectivity index (χ2v) is 3.90. The molecule has 2 rings (SSSR count). The number of aryl methyl sites for hydroxylation is 1. The first-order valence-corrected chi connectivity index (χ1v) is 5.02. The standard InChI is InChI=1S/C14H15/c1-11-3-7-13(8-4-11)14-9-5-12(2)6-10-14/h3-10,13H,1-2H3. The fourth-order valence-corrected chi connectivity index (χ4v) is 1.64. The molecule has 1 aliphatic carbocycles. The van der Waals surface area contributed by atoms with Gasteiger partial charge in [0, 0.05) is 5.92 Å². The lowest BCUT2D eigenvalue weighted by molar-refractivity contribution is 0.999. The highest BCUT2D eigenvalue weighted by Crippen LogP contribution is 2.25. The molecule has 0 heterocycles. The van der Waals surface area contributed by atoms with Crippen molar-refractivity contribution in [3.8, 4) is 0 Å². The van der Waals surface area contributed by atoms with Gasteiger partial charge >= 0.3 is 0 Å². The van der Waals surface area contributed by atoms with Crippen LogP contribution in [0.2, 0.25) is 0 Å². The number of rotatable bonds is 1. The molecule has 0 N–H and O–H groups in total. The molecule has 0 fully saturated rings. The summed E-state index contributed by atoms with van der Waals surface area (Å²) in [6.07, 6.45) is 8.87. The van der Waals surface area contributed by atoms with Gasteiger partial charge in [-0.15, -0.1) is 0 Å². The highest BCUT2D eigenvalue weighted by atomic mass is 14.1. The van der Waals surface area contributed by atoms with E-state index < -0.39 is 0 Å². The highest BCUT2D eigenvalue weighted by Gasteiger charge is 2.09. The van der Waals surface area contributed by atoms with E-state index in [0.717, 1.165) is 0 Å². The second kappa shape index (κ2) is 3.83. The Kier molecular flexibility index (Phi) is 2.53. The van der Waals surface area contributed by atoms with E-state index in [4.69, 9.17) is 0 Å². The lowest BCUT2D eigenvalue weighted by Gasteiger charge is -2.14. The molecule has 0 aliphatic heterocycles. The van der Waals surface area contributed by atoms with Crippen molar-refractivity contribution >= 4 is 0 Å². The fraction of sp³-hybridized carbons (Fsp3) is 0.214. The molecular formula is C14H15. The summed E-state index contributed by atoms with van der Waals surface area (Å²) < 4.78 is 0. The third-order valence-electron chi connectivity index (χ3n) is 2.60. The molecule has 0 saturated heterocycles. The zero-order valence-electron chi connectivity index (χ0n) is 8.70. The fourth-order valence-electron chi connectivity index (χ4n) is 1.64. The molecule has 71 valence electrons. The summed E-state index contributed by atoms with van der Waals surface area (Å²) in [4.78, 5) is 0. The van der Waals surface area contributed by atoms with Gasteiger partial charge in [-0.2, -0.15) is 0 Å². The van der Waals surface area contributed by atoms with Crippen molar-refractivity contribution in [1.29, 1.82) is 0 Å². The maximum Gasteiger partial charge on any atom is 0.00902 e. The molecule has 0 heteroatoms. The first-order valence-electron chi connectivity index (χ1n) is 5.02. The Labute approximate surface area is 86.0 Å². The van der Waals surface area contributed by atoms with Gasteiger partial charge < -0.3 is 0 Å². The second-order valence-electron chi connectivity index (χ2n) is 3.90. The van der Waals surface area contributed by atoms with Crippen LogP contribution in [0.5, 0.6) is 0 Å². The van der Waals surface area contributed by atoms with E-state index >= 15 is 0 Å². The number of benzene rings is 1. The molecular weight excluding hydrogens is 168 g/mol. The Morgan fingerprint density at radius 3 is 2.29 bits per heavy atom. The Morgan fingerprint density at radius 2 is 1.71 bits per heavy atom. The smallest absolute Gasteiger partial charge is 0.00902 e. The molecule has 0 amide bonds. The van der Waals surface area contributed by atoms with Crippen molar-refractivity contribution in [3.05, 3.63) is 65.6 Å². The predicted molar refractivity (Wildman–Crippen MR) is 61.1 cm³/mol. The maximum atomic E-state index is 2.25. The number of allylic oxidation sites excluding steroid dienone is 4. The van der Waals surface area contributed by atoms with Crippen LogP contribution in [0.15, 0.2) is 48.1 Å². The van der Waals surface area contributed by atoms with E-state index in [0.29, 0.717) is 5.92 Å². The molecule has 1 atom stereocenters. The summed E-state index contributed by atoms with van der Waals surface area (Å²) in [6.45, 7) is 4.24. The van der Waals surface area contributed by atoms with Crippen molar-refractivity contribution in [2.75, 3.05) is 0 Å². The summed E-state index contributed by atoms with van der Waals surface area (Å²) in [7, 11) is 0. The molecule has 1 aromatic carbocycles. The first-order chi connectivity index (χ1) is 6.75. The van der Waals surface area contributed by atoms with E-state index in [1.54, 1.807) is 0 Å². The zero-order chi connectivity index (χ0) is 9.97. The average Bonchev–Trinajstić information content (AvgIpc) is 2.21. The Bertz CT molecular complexity index is 366. The van der Waals surface area contributed by atoms with Crippen LogP contribution < -0.4 is 0 Å². The van der Waals surface area contributed by atoms with Gasteiger partial charge in [-0.3, -0.25) is 0 Å². The minimum Gasteiger partial charge on any atom is -0.0769 e. The molecule has 0 spiro atoms. The minimum absolute atomic E-state index is 0.458. The van der Waals surface area contributed by atoms with Crippen LogP contribution in [-0.4, -0.2) is 0 Å². The van der Waals surface area contributed by atoms with E-state index in [1.807, 2.05) is 0 Å². The van der Waals surface area contributed by atoms with Crippen molar-refractivity contribution in [3.63, 3.8) is 0 Å². The quantitative estimate of drug-likeness (QED) is 0.621. The third kappa shape index (κ3) is 1.95. The molecule has 14 heavy (non-hydrogen) atoms. The van der Waals surface area contributed by atoms with Crippen LogP contribution in [0.25, 0.3) is 0 Å². The van der Waals surface area contributed by atoms with Crippen LogP contribution in [-0.2, 0) is 0 Å². The van der Waals surface area contributed by atoms with Crippen LogP contribution in [0.3, 0.4) is 0 Å². The molecule has 1 radical (unpaired) electrons. The van der Waals surface area contributed by atoms with Crippen LogP contribution in [0, 0.1) is 13.3 Å². The third-order valence-corrected chi connectivity index (χ3v) is 2.60. The van der Waals surface area contributed by atoms with E-state index in [2.05, 4.69) is 62.8 Å². The summed E-state index contributed by atoms with van der Waals surface area (Å²) in [5, 5.41) is 0. The average molecular weight is 183 g/mol. The van der Waals surface area contributed by atoms with Crippen molar-refractivity contribution in [2.45, 2.75) is 19.8 Å². The lowest BCUT2D eigenvalue weighted by atomic mass is 9.90. The summed E-state index contributed by atoms with van der Waals surface area (Å²) >= 11 is 0. The van der Waals surface area contributed by atoms with E-state index in [9.17, 15) is 0 Å². The summed E-state index contributed by atoms with van der Waals surface area (Å²) in [5.41, 5.74) is 4.02. The Hall–Kier alpha value is -1.30. The minimum atomic E-state index is 0.458. The molecule has 0 nitrogen and oxygen atoms in total. The largest absolute Gasteiger partial charge is 0.0769 e. The zero-order valence-corrected chi connectivity index (χ0v) is 8.70. The number of hydrogen-bond donors (Lipinski definition) is 0. The van der Waals surface area contributed by atoms with Gasteiger partial charge in [0.05, 0.1) is 0 Å². The van der Waals surface area contributed by atoms with Crippen LogP contribution >= 0.6 is 0 Å². The van der Waals surface area contributed by atoms with Gasteiger partial charge in [-0.25, -0.2) is 0 Å². The normalized spacial score (nSPS) is 20.7. The van der Waals surface area contributed by atoms with Gasteiger partial charge in [0.25, 0.3) is 0 Å². The topological polar surface area (TPSA) is 0 Å². The number of hydrogen-bond acceptors (Lipinski definition) is 0. The SMILES string of the molecule is CC1=C[CH]C(c2ccc(C)cc2)C=C1. The molecule has 0 aromatic heterocycles. The van der Waals surface area contributed by atoms with Gasteiger partial charge in [-0.05, 0) is 25.8 Å². The highest BCUT2D eigenvalue weighted by molar-refractivity contribution is 5.38. The van der Waals surface area contributed by atoms with Gasteiger partial charge in [0.15, 0.2) is 0 Å². The molecule has 1 aromatic rings. The molecule has 0 saturated carbocycles. The van der Waals surface area contributed by atoms with E-state index in [-0.39, 0.29) is 0 Å². The summed E-state index contributed by atoms with van der Waals surface area (Å²) in [6, 6.07) is 8.75. The predicted octanol–water partition coefficient (Wildman–Crippen LogP) is 3.80. The summed E-state index contributed by atoms with van der Waals surface area (Å²) in [5.74, 6) is 0.458. The van der Waals surface area contributed by atoms with Crippen molar-refractivity contribution in [1.82, 2.24) is 0 Å². The first kappa shape index (κ1) is 9.26. The van der Waals surface area contributed by atoms with E-state index in [1.165, 1.54) is 16.7 Å². The lowest BCUT2D eigenvalue weighted by Crippen LogP contribution is -1.98. The van der Waals surface area contributed by atoms with Crippen LogP contribution in [0.1, 0.15) is 24.0 Å². The maximum absolute atomic E-state index is 2.25. The van der Waals surface area contributed by atoms with Crippen molar-refractivity contribution < 1.29 is 0 Å². The molecule has 1 aliphatic rings. The Balaban J connectivity index is 2.18. The van der Waals surface area contributed by atoms with Gasteiger partial charge in [0.1, 0.15) is 0 Å². The molecule has 1 unspecified atom stereocenters. The Morgan fingerprint density at radius 1 is 1.00 bits per heavy atom.